The van der Waals surface area contributed by atoms with E-state index in [9.17, 15) is 18.0 Å². The molecule has 33 heavy (non-hydrogen) atoms. The van der Waals surface area contributed by atoms with Gasteiger partial charge in [-0.3, -0.25) is 9.59 Å². The molecule has 0 atom stereocenters. The lowest BCUT2D eigenvalue weighted by atomic mass is 9.92. The van der Waals surface area contributed by atoms with Gasteiger partial charge in [-0.05, 0) is 56.0 Å². The van der Waals surface area contributed by atoms with Crippen LogP contribution in [0.25, 0.3) is 0 Å². The van der Waals surface area contributed by atoms with Gasteiger partial charge in [0.25, 0.3) is 11.5 Å². The van der Waals surface area contributed by atoms with Crippen molar-refractivity contribution in [2.75, 3.05) is 47.2 Å². The van der Waals surface area contributed by atoms with Gasteiger partial charge in [0, 0.05) is 43.8 Å². The first kappa shape index (κ1) is 23.3. The summed E-state index contributed by atoms with van der Waals surface area (Å²) in [5.74, 6) is -0.196. The van der Waals surface area contributed by atoms with E-state index < -0.39 is 21.3 Å². The van der Waals surface area contributed by atoms with E-state index in [-0.39, 0.29) is 29.2 Å². The highest BCUT2D eigenvalue weighted by Crippen LogP contribution is 2.25. The number of aromatic nitrogens is 1. The molecule has 178 valence electrons. The fourth-order valence-electron chi connectivity index (χ4n) is 4.41. The number of hydrogen-bond acceptors (Lipinski definition) is 7. The first-order valence-electron chi connectivity index (χ1n) is 11.2. The smallest absolute Gasteiger partial charge is 0.263 e. The van der Waals surface area contributed by atoms with Gasteiger partial charge in [0.05, 0.1) is 23.3 Å². The average molecular weight is 475 g/mol. The maximum absolute atomic E-state index is 13.0. The van der Waals surface area contributed by atoms with Crippen LogP contribution in [-0.4, -0.2) is 63.2 Å². The highest BCUT2D eigenvalue weighted by Gasteiger charge is 2.24. The largest absolute Gasteiger partial charge is 0.381 e. The summed E-state index contributed by atoms with van der Waals surface area (Å²) >= 11 is 0. The second-order valence-corrected chi connectivity index (χ2v) is 10.9. The van der Waals surface area contributed by atoms with Gasteiger partial charge in [-0.25, -0.2) is 8.42 Å². The van der Waals surface area contributed by atoms with Crippen LogP contribution in [0.3, 0.4) is 0 Å². The van der Waals surface area contributed by atoms with Gasteiger partial charge in [-0.2, -0.15) is 0 Å². The zero-order valence-electron chi connectivity index (χ0n) is 18.7. The Kier molecular flexibility index (Phi) is 7.04. The molecule has 4 rings (SSSR count). The van der Waals surface area contributed by atoms with Crippen molar-refractivity contribution in [1.29, 1.82) is 0 Å². The summed E-state index contributed by atoms with van der Waals surface area (Å²) in [5.41, 5.74) is 1.58. The Balaban J connectivity index is 1.43. The maximum atomic E-state index is 13.0. The number of benzene rings is 1. The van der Waals surface area contributed by atoms with Crippen LogP contribution in [-0.2, 0) is 14.6 Å². The van der Waals surface area contributed by atoms with Gasteiger partial charge < -0.3 is 25.3 Å². The number of carbonyl (C=O) groups excluding carboxylic acids is 1. The first-order valence-corrected chi connectivity index (χ1v) is 13.0. The molecule has 1 saturated carbocycles. The Hall–Kier alpha value is -2.85. The zero-order valence-corrected chi connectivity index (χ0v) is 19.5. The number of H-pyrrole nitrogens is 1. The normalized spacial score (nSPS) is 22.5. The van der Waals surface area contributed by atoms with E-state index in [1.807, 2.05) is 17.0 Å². The summed E-state index contributed by atoms with van der Waals surface area (Å²) in [5, 5.41) is 6.17. The van der Waals surface area contributed by atoms with Crippen LogP contribution in [0.5, 0.6) is 0 Å². The van der Waals surface area contributed by atoms with E-state index in [4.69, 9.17) is 4.74 Å². The highest BCUT2D eigenvalue weighted by molar-refractivity contribution is 7.91. The fraction of sp³-hybridized carbons (Fsp3) is 0.478. The molecule has 1 saturated heterocycles. The van der Waals surface area contributed by atoms with Gasteiger partial charge in [-0.1, -0.05) is 0 Å². The van der Waals surface area contributed by atoms with Gasteiger partial charge in [-0.15, -0.1) is 0 Å². The predicted molar refractivity (Wildman–Crippen MR) is 129 cm³/mol. The minimum atomic E-state index is -2.95. The van der Waals surface area contributed by atoms with Crippen molar-refractivity contribution in [3.63, 3.8) is 0 Å². The molecule has 10 heteroatoms. The van der Waals surface area contributed by atoms with E-state index in [2.05, 4.69) is 15.6 Å². The molecule has 0 unspecified atom stereocenters. The molecule has 1 aromatic heterocycles. The molecule has 1 aliphatic carbocycles. The van der Waals surface area contributed by atoms with Crippen LogP contribution < -0.4 is 21.1 Å². The number of anilines is 3. The lowest BCUT2D eigenvalue weighted by molar-refractivity contribution is 0.0681. The highest BCUT2D eigenvalue weighted by atomic mass is 32.2. The van der Waals surface area contributed by atoms with Gasteiger partial charge >= 0.3 is 0 Å². The topological polar surface area (TPSA) is 121 Å². The van der Waals surface area contributed by atoms with Crippen LogP contribution >= 0.6 is 0 Å². The summed E-state index contributed by atoms with van der Waals surface area (Å²) in [6, 6.07) is 9.09. The third kappa shape index (κ3) is 5.75. The molecule has 9 nitrogen and oxygen atoms in total. The van der Waals surface area contributed by atoms with Crippen LogP contribution in [0.4, 0.5) is 17.1 Å². The number of nitrogens with one attached hydrogen (secondary N) is 3. The Morgan fingerprint density at radius 2 is 1.73 bits per heavy atom. The van der Waals surface area contributed by atoms with Gasteiger partial charge in [0.2, 0.25) is 0 Å². The number of rotatable bonds is 6. The summed E-state index contributed by atoms with van der Waals surface area (Å²) in [7, 11) is -1.22. The second-order valence-electron chi connectivity index (χ2n) is 8.59. The summed E-state index contributed by atoms with van der Waals surface area (Å²) in [6.07, 6.45) is 5.50. The number of aromatic amines is 1. The summed E-state index contributed by atoms with van der Waals surface area (Å²) < 4.78 is 28.7. The molecule has 0 radical (unpaired) electrons. The molecule has 3 N–H and O–H groups in total. The number of methoxy groups -OCH3 is 1. The summed E-state index contributed by atoms with van der Waals surface area (Å²) in [4.78, 5) is 30.1. The van der Waals surface area contributed by atoms with E-state index in [1.54, 1.807) is 25.3 Å². The molecule has 2 heterocycles. The molecule has 1 aliphatic heterocycles. The number of pyridine rings is 1. The van der Waals surface area contributed by atoms with Crippen LogP contribution in [0.15, 0.2) is 41.3 Å². The number of amides is 1. The van der Waals surface area contributed by atoms with Gasteiger partial charge in [0.1, 0.15) is 5.56 Å². The Labute approximate surface area is 193 Å². The van der Waals surface area contributed by atoms with Crippen molar-refractivity contribution in [3.8, 4) is 0 Å². The van der Waals surface area contributed by atoms with Crippen molar-refractivity contribution in [1.82, 2.24) is 4.98 Å². The van der Waals surface area contributed by atoms with Crippen molar-refractivity contribution >= 4 is 32.8 Å². The quantitative estimate of drug-likeness (QED) is 0.587. The van der Waals surface area contributed by atoms with E-state index >= 15 is 0 Å². The van der Waals surface area contributed by atoms with E-state index in [0.29, 0.717) is 24.5 Å². The molecular weight excluding hydrogens is 444 g/mol. The molecular formula is C23H30N4O5S. The van der Waals surface area contributed by atoms with Crippen LogP contribution in [0.2, 0.25) is 0 Å². The summed E-state index contributed by atoms with van der Waals surface area (Å²) in [6.45, 7) is 0.906. The Bertz CT molecular complexity index is 1120. The monoisotopic (exact) mass is 474 g/mol. The number of ether oxygens (including phenoxy) is 1. The molecule has 1 amide bonds. The Morgan fingerprint density at radius 1 is 1.06 bits per heavy atom. The lowest BCUT2D eigenvalue weighted by Gasteiger charge is -2.29. The van der Waals surface area contributed by atoms with E-state index in [1.165, 1.54) is 6.20 Å². The number of hydrogen-bond donors (Lipinski definition) is 3. The number of carbonyl (C=O) groups is 1. The standard InChI is InChI=1S/C23H30N4O5S/c1-32-19-8-4-16(5-9-19)25-20-10-11-24-22(28)21(20)23(29)26-17-2-6-18(7-3-17)27-12-14-33(30,31)15-13-27/h2-3,6-7,10-11,16,19H,4-5,8-9,12-15H2,1H3,(H,26,29)(H2,24,25,28). The third-order valence-electron chi connectivity index (χ3n) is 6.39. The lowest BCUT2D eigenvalue weighted by Crippen LogP contribution is -2.40. The van der Waals surface area contributed by atoms with Crippen molar-refractivity contribution in [3.05, 3.63) is 52.4 Å². The third-order valence-corrected chi connectivity index (χ3v) is 8.00. The Morgan fingerprint density at radius 3 is 2.36 bits per heavy atom. The van der Waals surface area contributed by atoms with Crippen LogP contribution in [0, 0.1) is 0 Å². The predicted octanol–water partition coefficient (Wildman–Crippen LogP) is 2.23. The first-order chi connectivity index (χ1) is 15.8. The number of sulfone groups is 1. The second kappa shape index (κ2) is 9.96. The fourth-order valence-corrected chi connectivity index (χ4v) is 5.61. The number of nitrogens with zero attached hydrogens (tertiary/aromatic N) is 1. The average Bonchev–Trinajstić information content (AvgIpc) is 2.80. The zero-order chi connectivity index (χ0) is 23.4. The van der Waals surface area contributed by atoms with Crippen molar-refractivity contribution in [2.24, 2.45) is 0 Å². The molecule has 0 bridgehead atoms. The maximum Gasteiger partial charge on any atom is 0.263 e. The van der Waals surface area contributed by atoms with Crippen molar-refractivity contribution < 1.29 is 17.9 Å². The molecule has 0 spiro atoms. The van der Waals surface area contributed by atoms with Crippen LogP contribution in [0.1, 0.15) is 36.0 Å². The molecule has 2 fully saturated rings. The van der Waals surface area contributed by atoms with Gasteiger partial charge in [0.15, 0.2) is 9.84 Å². The SMILES string of the molecule is COC1CCC(Nc2cc[nH]c(=O)c2C(=O)Nc2ccc(N3CCS(=O)(=O)CC3)cc2)CC1. The molecule has 1 aromatic carbocycles. The minimum Gasteiger partial charge on any atom is -0.381 e. The van der Waals surface area contributed by atoms with Crippen molar-refractivity contribution in [2.45, 2.75) is 37.8 Å². The minimum absolute atomic E-state index is 0.0525. The molecule has 2 aliphatic rings. The van der Waals surface area contributed by atoms with E-state index in [0.717, 1.165) is 31.4 Å². The molecule has 2 aromatic rings.